The van der Waals surface area contributed by atoms with Crippen LogP contribution in [0.3, 0.4) is 0 Å². The van der Waals surface area contributed by atoms with Crippen LogP contribution in [0.25, 0.3) is 0 Å². The molecule has 0 aromatic carbocycles. The Balaban J connectivity index is 1.80. The summed E-state index contributed by atoms with van der Waals surface area (Å²) in [5.41, 5.74) is 3.08. The largest absolute Gasteiger partial charge is 0.344 e. The average Bonchev–Trinajstić information content (AvgIpc) is 3.02. The SMILES string of the molecule is CCCCCC(=O)N/N=C1\[C@@H]2OC(C)(C)O[C@@H]2CO[C@@]12COC(C)(C)O2. The molecule has 1 spiro atoms. The summed E-state index contributed by atoms with van der Waals surface area (Å²) in [6.45, 7) is 9.89. The number of carbonyl (C=O) groups excluding carboxylic acids is 1. The zero-order chi connectivity index (χ0) is 19.0. The molecule has 3 aliphatic rings. The predicted molar refractivity (Wildman–Crippen MR) is 93.3 cm³/mol. The fraction of sp³-hybridized carbons (Fsp3) is 0.889. The van der Waals surface area contributed by atoms with Gasteiger partial charge in [-0.25, -0.2) is 5.43 Å². The van der Waals surface area contributed by atoms with E-state index in [1.807, 2.05) is 27.7 Å². The number of hydrogen-bond acceptors (Lipinski definition) is 7. The van der Waals surface area contributed by atoms with Crippen LogP contribution < -0.4 is 5.43 Å². The monoisotopic (exact) mass is 370 g/mol. The Morgan fingerprint density at radius 2 is 1.92 bits per heavy atom. The minimum Gasteiger partial charge on any atom is -0.344 e. The zero-order valence-corrected chi connectivity index (χ0v) is 16.3. The molecule has 3 rings (SSSR count). The quantitative estimate of drug-likeness (QED) is 0.589. The maximum Gasteiger partial charge on any atom is 0.240 e. The Hall–Kier alpha value is -1.06. The number of carbonyl (C=O) groups is 1. The lowest BCUT2D eigenvalue weighted by molar-refractivity contribution is -0.236. The van der Waals surface area contributed by atoms with Crippen molar-refractivity contribution in [2.24, 2.45) is 5.10 Å². The third-order valence-electron chi connectivity index (χ3n) is 4.65. The lowest BCUT2D eigenvalue weighted by atomic mass is 9.98. The van der Waals surface area contributed by atoms with Crippen molar-refractivity contribution in [3.8, 4) is 0 Å². The number of nitrogens with one attached hydrogen (secondary N) is 1. The van der Waals surface area contributed by atoms with Gasteiger partial charge in [0.1, 0.15) is 24.5 Å². The standard InChI is InChI=1S/C18H30N2O6/c1-6-7-8-9-13(21)19-20-15-14-12(24-17(4,5)25-14)10-22-18(15)11-23-16(2,3)26-18/h12,14H,6-11H2,1-5H3,(H,19,21)/b20-15+/t12-,14-,18-/m1/s1. The summed E-state index contributed by atoms with van der Waals surface area (Å²) in [5, 5.41) is 4.35. The van der Waals surface area contributed by atoms with Gasteiger partial charge < -0.3 is 23.7 Å². The molecule has 8 heteroatoms. The molecular formula is C18H30N2O6. The highest BCUT2D eigenvalue weighted by Gasteiger charge is 2.61. The highest BCUT2D eigenvalue weighted by molar-refractivity contribution is 5.97. The fourth-order valence-corrected chi connectivity index (χ4v) is 3.48. The summed E-state index contributed by atoms with van der Waals surface area (Å²) >= 11 is 0. The minimum absolute atomic E-state index is 0.139. The highest BCUT2D eigenvalue weighted by Crippen LogP contribution is 2.42. The van der Waals surface area contributed by atoms with E-state index in [4.69, 9.17) is 23.7 Å². The van der Waals surface area contributed by atoms with Gasteiger partial charge >= 0.3 is 0 Å². The van der Waals surface area contributed by atoms with Crippen LogP contribution in [0.1, 0.15) is 60.3 Å². The molecule has 0 aromatic heterocycles. The van der Waals surface area contributed by atoms with E-state index in [1.165, 1.54) is 0 Å². The molecule has 1 amide bonds. The fourth-order valence-electron chi connectivity index (χ4n) is 3.48. The average molecular weight is 370 g/mol. The number of hydrogen-bond donors (Lipinski definition) is 1. The first kappa shape index (κ1) is 19.7. The van der Waals surface area contributed by atoms with Gasteiger partial charge in [-0.1, -0.05) is 19.8 Å². The lowest BCUT2D eigenvalue weighted by Crippen LogP contribution is -2.59. The lowest BCUT2D eigenvalue weighted by Gasteiger charge is -2.38. The van der Waals surface area contributed by atoms with Gasteiger partial charge in [0.05, 0.1) is 6.61 Å². The van der Waals surface area contributed by atoms with E-state index in [2.05, 4.69) is 17.5 Å². The van der Waals surface area contributed by atoms with Gasteiger partial charge in [-0.3, -0.25) is 4.79 Å². The van der Waals surface area contributed by atoms with Crippen LogP contribution in [-0.2, 0) is 28.5 Å². The summed E-state index contributed by atoms with van der Waals surface area (Å²) in [6, 6.07) is 0. The van der Waals surface area contributed by atoms with Crippen LogP contribution in [0.4, 0.5) is 0 Å². The van der Waals surface area contributed by atoms with Crippen molar-refractivity contribution in [2.75, 3.05) is 13.2 Å². The van der Waals surface area contributed by atoms with Crippen molar-refractivity contribution in [1.82, 2.24) is 5.43 Å². The molecule has 1 N–H and O–H groups in total. The number of amides is 1. The Morgan fingerprint density at radius 1 is 1.15 bits per heavy atom. The molecule has 0 radical (unpaired) electrons. The van der Waals surface area contributed by atoms with Gasteiger partial charge in [-0.05, 0) is 34.1 Å². The number of fused-ring (bicyclic) bond motifs is 1. The second-order valence-corrected chi connectivity index (χ2v) is 7.94. The zero-order valence-electron chi connectivity index (χ0n) is 16.3. The second-order valence-electron chi connectivity index (χ2n) is 7.94. The van der Waals surface area contributed by atoms with E-state index >= 15 is 0 Å². The number of rotatable bonds is 5. The summed E-state index contributed by atoms with van der Waals surface area (Å²) < 4.78 is 29.6. The smallest absolute Gasteiger partial charge is 0.240 e. The van der Waals surface area contributed by atoms with Crippen LogP contribution in [0, 0.1) is 0 Å². The van der Waals surface area contributed by atoms with Gasteiger partial charge in [-0.15, -0.1) is 0 Å². The topological polar surface area (TPSA) is 87.6 Å². The van der Waals surface area contributed by atoms with E-state index in [0.29, 0.717) is 18.7 Å². The van der Waals surface area contributed by atoms with E-state index in [-0.39, 0.29) is 18.6 Å². The third-order valence-corrected chi connectivity index (χ3v) is 4.65. The van der Waals surface area contributed by atoms with Crippen LogP contribution in [0.2, 0.25) is 0 Å². The molecule has 3 atom stereocenters. The van der Waals surface area contributed by atoms with Crippen LogP contribution in [-0.4, -0.2) is 54.4 Å². The maximum absolute atomic E-state index is 12.1. The van der Waals surface area contributed by atoms with Crippen molar-refractivity contribution in [3.05, 3.63) is 0 Å². The summed E-state index contributed by atoms with van der Waals surface area (Å²) in [5.74, 6) is -2.89. The van der Waals surface area contributed by atoms with Crippen molar-refractivity contribution in [2.45, 2.75) is 89.9 Å². The van der Waals surface area contributed by atoms with Crippen LogP contribution in [0.5, 0.6) is 0 Å². The van der Waals surface area contributed by atoms with E-state index < -0.39 is 23.5 Å². The van der Waals surface area contributed by atoms with Crippen molar-refractivity contribution < 1.29 is 28.5 Å². The molecule has 0 aliphatic carbocycles. The molecule has 0 saturated carbocycles. The molecule has 26 heavy (non-hydrogen) atoms. The molecule has 148 valence electrons. The maximum atomic E-state index is 12.1. The van der Waals surface area contributed by atoms with Crippen LogP contribution >= 0.6 is 0 Å². The van der Waals surface area contributed by atoms with Gasteiger partial charge in [0.2, 0.25) is 11.7 Å². The Kier molecular flexibility index (Phi) is 5.43. The molecule has 3 heterocycles. The number of hydrazone groups is 1. The van der Waals surface area contributed by atoms with E-state index in [1.54, 1.807) is 0 Å². The molecular weight excluding hydrogens is 340 g/mol. The van der Waals surface area contributed by atoms with E-state index in [0.717, 1.165) is 19.3 Å². The molecule has 3 fully saturated rings. The Morgan fingerprint density at radius 3 is 2.58 bits per heavy atom. The number of unbranched alkanes of at least 4 members (excludes halogenated alkanes) is 2. The Labute approximate surface area is 154 Å². The van der Waals surface area contributed by atoms with Crippen molar-refractivity contribution in [1.29, 1.82) is 0 Å². The first-order valence-electron chi connectivity index (χ1n) is 9.37. The molecule has 0 bridgehead atoms. The first-order chi connectivity index (χ1) is 12.2. The van der Waals surface area contributed by atoms with Gasteiger partial charge in [0.15, 0.2) is 11.6 Å². The first-order valence-corrected chi connectivity index (χ1v) is 9.37. The molecule has 3 saturated heterocycles. The van der Waals surface area contributed by atoms with Crippen molar-refractivity contribution in [3.63, 3.8) is 0 Å². The van der Waals surface area contributed by atoms with Crippen molar-refractivity contribution >= 4 is 11.6 Å². The molecule has 0 unspecified atom stereocenters. The second kappa shape index (κ2) is 7.16. The van der Waals surface area contributed by atoms with Gasteiger partial charge in [0.25, 0.3) is 0 Å². The number of ether oxygens (including phenoxy) is 5. The number of nitrogens with zero attached hydrogens (tertiary/aromatic N) is 1. The molecule has 8 nitrogen and oxygen atoms in total. The molecule has 3 aliphatic heterocycles. The predicted octanol–water partition coefficient (Wildman–Crippen LogP) is 2.07. The minimum atomic E-state index is -1.18. The van der Waals surface area contributed by atoms with Crippen LogP contribution in [0.15, 0.2) is 5.10 Å². The normalized spacial score (nSPS) is 36.4. The Bertz CT molecular complexity index is 574. The van der Waals surface area contributed by atoms with Gasteiger partial charge in [-0.2, -0.15) is 5.10 Å². The summed E-state index contributed by atoms with van der Waals surface area (Å²) in [4.78, 5) is 12.1. The summed E-state index contributed by atoms with van der Waals surface area (Å²) in [6.07, 6.45) is 2.56. The van der Waals surface area contributed by atoms with E-state index in [9.17, 15) is 4.79 Å². The van der Waals surface area contributed by atoms with Gasteiger partial charge in [0, 0.05) is 6.42 Å². The summed E-state index contributed by atoms with van der Waals surface area (Å²) in [7, 11) is 0. The highest BCUT2D eigenvalue weighted by atomic mass is 16.8. The third kappa shape index (κ3) is 4.09. The molecule has 0 aromatic rings.